The first-order valence-corrected chi connectivity index (χ1v) is 8.92. The number of benzene rings is 1. The first kappa shape index (κ1) is 16.5. The lowest BCUT2D eigenvalue weighted by atomic mass is 10.1. The third kappa shape index (κ3) is 4.30. The fraction of sp³-hybridized carbons (Fsp3) is 0.467. The number of nitrogens with one attached hydrogen (secondary N) is 1. The van der Waals surface area contributed by atoms with Gasteiger partial charge in [0.25, 0.3) is 0 Å². The average Bonchev–Trinajstić information content (AvgIpc) is 2.78. The lowest BCUT2D eigenvalue weighted by molar-refractivity contribution is -0.121. The van der Waals surface area contributed by atoms with E-state index < -0.39 is 9.84 Å². The van der Waals surface area contributed by atoms with Gasteiger partial charge in [-0.1, -0.05) is 11.6 Å². The van der Waals surface area contributed by atoms with Crippen molar-refractivity contribution in [3.05, 3.63) is 29.3 Å². The minimum absolute atomic E-state index is 0.0712. The standard InChI is InChI=1S/C15H20N2O4S/c1-10-3-4-14(18)13(7-10)11(2)16-17-15(19)8-12-5-6-22(20,21)9-12/h3-4,7,12,18H,5-6,8-9H2,1-2H3,(H,17,19)/b16-11+/t12-/m0/s1. The van der Waals surface area contributed by atoms with Crippen LogP contribution in [-0.4, -0.2) is 36.6 Å². The number of phenolic OH excluding ortho intramolecular Hbond substituents is 1. The maximum atomic E-state index is 11.8. The Morgan fingerprint density at radius 3 is 2.82 bits per heavy atom. The quantitative estimate of drug-likeness (QED) is 0.646. The summed E-state index contributed by atoms with van der Waals surface area (Å²) in [6.07, 6.45) is 0.674. The fourth-order valence-corrected chi connectivity index (χ4v) is 4.35. The predicted molar refractivity (Wildman–Crippen MR) is 84.6 cm³/mol. The molecule has 0 aromatic heterocycles. The molecule has 0 unspecified atom stereocenters. The van der Waals surface area contributed by atoms with Crippen LogP contribution >= 0.6 is 0 Å². The van der Waals surface area contributed by atoms with Gasteiger partial charge in [0.15, 0.2) is 9.84 Å². The molecule has 0 aliphatic carbocycles. The van der Waals surface area contributed by atoms with E-state index in [1.54, 1.807) is 25.1 Å². The van der Waals surface area contributed by atoms with Crippen LogP contribution in [0.4, 0.5) is 0 Å². The molecule has 1 aromatic rings. The second-order valence-electron chi connectivity index (χ2n) is 5.73. The van der Waals surface area contributed by atoms with Crippen LogP contribution in [-0.2, 0) is 14.6 Å². The van der Waals surface area contributed by atoms with Gasteiger partial charge >= 0.3 is 0 Å². The maximum absolute atomic E-state index is 11.8. The molecule has 7 heteroatoms. The fourth-order valence-electron chi connectivity index (χ4n) is 2.49. The molecular weight excluding hydrogens is 304 g/mol. The zero-order chi connectivity index (χ0) is 16.3. The summed E-state index contributed by atoms with van der Waals surface area (Å²) in [6, 6.07) is 5.14. The first-order valence-electron chi connectivity index (χ1n) is 7.10. The molecular formula is C15H20N2O4S. The molecule has 1 fully saturated rings. The molecule has 6 nitrogen and oxygen atoms in total. The number of rotatable bonds is 4. The number of aromatic hydroxyl groups is 1. The monoisotopic (exact) mass is 324 g/mol. The topological polar surface area (TPSA) is 95.8 Å². The molecule has 120 valence electrons. The highest BCUT2D eigenvalue weighted by Gasteiger charge is 2.29. The molecule has 1 saturated heterocycles. The molecule has 0 spiro atoms. The van der Waals surface area contributed by atoms with Gasteiger partial charge in [-0.2, -0.15) is 5.10 Å². The molecule has 0 saturated carbocycles. The largest absolute Gasteiger partial charge is 0.507 e. The third-order valence-electron chi connectivity index (χ3n) is 3.69. The Morgan fingerprint density at radius 2 is 2.18 bits per heavy atom. The van der Waals surface area contributed by atoms with Gasteiger partial charge in [0.05, 0.1) is 17.2 Å². The van der Waals surface area contributed by atoms with Crippen molar-refractivity contribution in [3.63, 3.8) is 0 Å². The molecule has 1 aromatic carbocycles. The summed E-state index contributed by atoms with van der Waals surface area (Å²) in [5.41, 5.74) is 4.45. The Kier molecular flexibility index (Phi) is 4.85. The van der Waals surface area contributed by atoms with Crippen LogP contribution in [0.1, 0.15) is 30.9 Å². The number of nitrogens with zero attached hydrogens (tertiary/aromatic N) is 1. The summed E-state index contributed by atoms with van der Waals surface area (Å²) in [5, 5.41) is 13.8. The molecule has 2 N–H and O–H groups in total. The molecule has 0 bridgehead atoms. The van der Waals surface area contributed by atoms with Gasteiger partial charge in [-0.25, -0.2) is 13.8 Å². The van der Waals surface area contributed by atoms with Crippen LogP contribution in [0.25, 0.3) is 0 Å². The summed E-state index contributed by atoms with van der Waals surface area (Å²) < 4.78 is 22.7. The second-order valence-corrected chi connectivity index (χ2v) is 7.95. The summed E-state index contributed by atoms with van der Waals surface area (Å²) in [6.45, 7) is 3.59. The van der Waals surface area contributed by atoms with Gasteiger partial charge in [-0.15, -0.1) is 0 Å². The van der Waals surface area contributed by atoms with E-state index in [1.165, 1.54) is 0 Å². The highest BCUT2D eigenvalue weighted by molar-refractivity contribution is 7.91. The van der Waals surface area contributed by atoms with E-state index in [-0.39, 0.29) is 35.5 Å². The van der Waals surface area contributed by atoms with Crippen LogP contribution in [0.5, 0.6) is 5.75 Å². The van der Waals surface area contributed by atoms with Crippen molar-refractivity contribution in [2.45, 2.75) is 26.7 Å². The Labute approximate surface area is 130 Å². The maximum Gasteiger partial charge on any atom is 0.240 e. The summed E-state index contributed by atoms with van der Waals surface area (Å²) >= 11 is 0. The summed E-state index contributed by atoms with van der Waals surface area (Å²) in [5.74, 6) is -0.115. The van der Waals surface area contributed by atoms with Crippen molar-refractivity contribution < 1.29 is 18.3 Å². The van der Waals surface area contributed by atoms with Crippen molar-refractivity contribution in [2.24, 2.45) is 11.0 Å². The number of carbonyl (C=O) groups is 1. The van der Waals surface area contributed by atoms with Gasteiger partial charge in [0, 0.05) is 12.0 Å². The molecule has 1 atom stereocenters. The Bertz CT molecular complexity index is 710. The zero-order valence-corrected chi connectivity index (χ0v) is 13.5. The van der Waals surface area contributed by atoms with Crippen LogP contribution in [0.15, 0.2) is 23.3 Å². The molecule has 1 heterocycles. The molecule has 22 heavy (non-hydrogen) atoms. The normalized spacial score (nSPS) is 20.8. The van der Waals surface area contributed by atoms with Crippen LogP contribution in [0.3, 0.4) is 0 Å². The van der Waals surface area contributed by atoms with Gasteiger partial charge in [0.1, 0.15) is 5.75 Å². The van der Waals surface area contributed by atoms with Crippen LogP contribution in [0, 0.1) is 12.8 Å². The zero-order valence-electron chi connectivity index (χ0n) is 12.7. The highest BCUT2D eigenvalue weighted by Crippen LogP contribution is 2.21. The number of aryl methyl sites for hydroxylation is 1. The molecule has 2 rings (SSSR count). The van der Waals surface area contributed by atoms with Crippen LogP contribution in [0.2, 0.25) is 0 Å². The van der Waals surface area contributed by atoms with Crippen LogP contribution < -0.4 is 5.43 Å². The van der Waals surface area contributed by atoms with Crippen molar-refractivity contribution in [3.8, 4) is 5.75 Å². The van der Waals surface area contributed by atoms with Crippen molar-refractivity contribution >= 4 is 21.5 Å². The van der Waals surface area contributed by atoms with E-state index in [2.05, 4.69) is 10.5 Å². The summed E-state index contributed by atoms with van der Waals surface area (Å²) in [7, 11) is -2.97. The predicted octanol–water partition coefficient (Wildman–Crippen LogP) is 1.37. The van der Waals surface area contributed by atoms with Gasteiger partial charge in [-0.3, -0.25) is 4.79 Å². The minimum atomic E-state index is -2.97. The SMILES string of the molecule is C/C(=N\NC(=O)C[C@@H]1CCS(=O)(=O)C1)c1cc(C)ccc1O. The number of carbonyl (C=O) groups excluding carboxylic acids is 1. The third-order valence-corrected chi connectivity index (χ3v) is 5.53. The van der Waals surface area contributed by atoms with Crippen molar-refractivity contribution in [2.75, 3.05) is 11.5 Å². The van der Waals surface area contributed by atoms with E-state index in [4.69, 9.17) is 0 Å². The molecule has 0 radical (unpaired) electrons. The molecule has 1 amide bonds. The van der Waals surface area contributed by atoms with E-state index >= 15 is 0 Å². The summed E-state index contributed by atoms with van der Waals surface area (Å²) in [4.78, 5) is 11.8. The number of hydrogen-bond donors (Lipinski definition) is 2. The first-order chi connectivity index (χ1) is 10.3. The lowest BCUT2D eigenvalue weighted by Gasteiger charge is -2.08. The molecule has 1 aliphatic heterocycles. The minimum Gasteiger partial charge on any atom is -0.507 e. The van der Waals surface area contributed by atoms with Crippen molar-refractivity contribution in [1.82, 2.24) is 5.43 Å². The molecule has 1 aliphatic rings. The number of phenols is 1. The number of amides is 1. The number of hydrogen-bond acceptors (Lipinski definition) is 5. The Hall–Kier alpha value is -1.89. The highest BCUT2D eigenvalue weighted by atomic mass is 32.2. The van der Waals surface area contributed by atoms with Gasteiger partial charge < -0.3 is 5.11 Å². The smallest absolute Gasteiger partial charge is 0.240 e. The lowest BCUT2D eigenvalue weighted by Crippen LogP contribution is -2.22. The number of sulfone groups is 1. The van der Waals surface area contributed by atoms with Gasteiger partial charge in [-0.05, 0) is 38.3 Å². The van der Waals surface area contributed by atoms with E-state index in [0.29, 0.717) is 17.7 Å². The van der Waals surface area contributed by atoms with E-state index in [0.717, 1.165) is 5.56 Å². The Morgan fingerprint density at radius 1 is 1.45 bits per heavy atom. The van der Waals surface area contributed by atoms with Gasteiger partial charge in [0.2, 0.25) is 5.91 Å². The Balaban J connectivity index is 1.96. The van der Waals surface area contributed by atoms with E-state index in [9.17, 15) is 18.3 Å². The van der Waals surface area contributed by atoms with E-state index in [1.807, 2.05) is 6.92 Å². The second kappa shape index (κ2) is 6.48. The average molecular weight is 324 g/mol. The number of hydrazone groups is 1. The van der Waals surface area contributed by atoms with Crippen molar-refractivity contribution in [1.29, 1.82) is 0 Å².